The number of aryl methyl sites for hydroxylation is 2. The van der Waals surface area contributed by atoms with Gasteiger partial charge in [0.05, 0.1) is 0 Å². The molecule has 0 radical (unpaired) electrons. The summed E-state index contributed by atoms with van der Waals surface area (Å²) in [6.45, 7) is 4.55. The number of aromatic nitrogens is 2. The molecule has 0 bridgehead atoms. The van der Waals surface area contributed by atoms with E-state index in [1.807, 2.05) is 19.1 Å². The summed E-state index contributed by atoms with van der Waals surface area (Å²) in [5, 5.41) is 9.36. The van der Waals surface area contributed by atoms with Crippen molar-refractivity contribution in [3.05, 3.63) is 40.4 Å². The highest BCUT2D eigenvalue weighted by atomic mass is 32.1. The molecule has 0 aliphatic heterocycles. The zero-order valence-corrected chi connectivity index (χ0v) is 9.54. The molecule has 0 amide bonds. The van der Waals surface area contributed by atoms with Crippen molar-refractivity contribution in [2.45, 2.75) is 20.5 Å². The van der Waals surface area contributed by atoms with E-state index in [1.54, 1.807) is 0 Å². The van der Waals surface area contributed by atoms with E-state index in [0.29, 0.717) is 11.8 Å². The Morgan fingerprint density at radius 2 is 2.00 bits per heavy atom. The molecular formula is C11H12N2OS. The normalized spacial score (nSPS) is 10.3. The van der Waals surface area contributed by atoms with E-state index in [9.17, 15) is 0 Å². The summed E-state index contributed by atoms with van der Waals surface area (Å²) in [5.41, 5.74) is 2.42. The molecule has 15 heavy (non-hydrogen) atoms. The summed E-state index contributed by atoms with van der Waals surface area (Å²) >= 11 is 1.47. The van der Waals surface area contributed by atoms with Gasteiger partial charge in [0.15, 0.2) is 0 Å². The maximum Gasteiger partial charge on any atom is 0.294 e. The molecule has 2 rings (SSSR count). The number of nitrogens with zero attached hydrogens (tertiary/aromatic N) is 2. The standard InChI is InChI=1S/C11H12N2OS/c1-8-5-3-4-6-10(8)7-14-11-13-12-9(2)15-11/h3-6H,7H2,1-2H3. The molecular weight excluding hydrogens is 208 g/mol. The smallest absolute Gasteiger partial charge is 0.294 e. The Balaban J connectivity index is 2.02. The molecule has 4 heteroatoms. The molecule has 0 fully saturated rings. The molecule has 3 nitrogen and oxygen atoms in total. The fraction of sp³-hybridized carbons (Fsp3) is 0.273. The van der Waals surface area contributed by atoms with Gasteiger partial charge < -0.3 is 4.74 Å². The first-order valence-corrected chi connectivity index (χ1v) is 5.55. The Morgan fingerprint density at radius 1 is 1.20 bits per heavy atom. The molecule has 1 heterocycles. The maximum absolute atomic E-state index is 5.54. The molecule has 0 atom stereocenters. The number of ether oxygens (including phenoxy) is 1. The van der Waals surface area contributed by atoms with E-state index in [1.165, 1.54) is 22.5 Å². The minimum absolute atomic E-state index is 0.557. The minimum Gasteiger partial charge on any atom is -0.464 e. The summed E-state index contributed by atoms with van der Waals surface area (Å²) in [6.07, 6.45) is 0. The lowest BCUT2D eigenvalue weighted by atomic mass is 10.1. The van der Waals surface area contributed by atoms with Crippen LogP contribution in [-0.4, -0.2) is 10.2 Å². The second-order valence-corrected chi connectivity index (χ2v) is 4.45. The van der Waals surface area contributed by atoms with Crippen LogP contribution in [0.3, 0.4) is 0 Å². The van der Waals surface area contributed by atoms with Crippen LogP contribution < -0.4 is 4.74 Å². The van der Waals surface area contributed by atoms with Gasteiger partial charge in [-0.2, -0.15) is 0 Å². The lowest BCUT2D eigenvalue weighted by molar-refractivity contribution is 0.301. The minimum atomic E-state index is 0.557. The molecule has 78 valence electrons. The fourth-order valence-electron chi connectivity index (χ4n) is 1.25. The zero-order valence-electron chi connectivity index (χ0n) is 8.73. The second kappa shape index (κ2) is 4.40. The van der Waals surface area contributed by atoms with Crippen LogP contribution in [0.15, 0.2) is 24.3 Å². The Morgan fingerprint density at radius 3 is 2.67 bits per heavy atom. The topological polar surface area (TPSA) is 35.0 Å². The summed E-state index contributed by atoms with van der Waals surface area (Å²) in [7, 11) is 0. The number of hydrogen-bond acceptors (Lipinski definition) is 4. The van der Waals surface area contributed by atoms with Crippen molar-refractivity contribution < 1.29 is 4.74 Å². The quantitative estimate of drug-likeness (QED) is 0.797. The molecule has 0 spiro atoms. The van der Waals surface area contributed by atoms with E-state index in [4.69, 9.17) is 4.74 Å². The zero-order chi connectivity index (χ0) is 10.7. The average Bonchev–Trinajstić information content (AvgIpc) is 2.63. The van der Waals surface area contributed by atoms with Gasteiger partial charge in [0.1, 0.15) is 11.6 Å². The molecule has 1 aromatic carbocycles. The van der Waals surface area contributed by atoms with Crippen LogP contribution >= 0.6 is 11.3 Å². The second-order valence-electron chi connectivity index (χ2n) is 3.30. The Bertz CT molecular complexity index is 453. The van der Waals surface area contributed by atoms with Crippen molar-refractivity contribution in [3.63, 3.8) is 0 Å². The van der Waals surface area contributed by atoms with Gasteiger partial charge in [-0.1, -0.05) is 35.6 Å². The van der Waals surface area contributed by atoms with Crippen LogP contribution in [0, 0.1) is 13.8 Å². The Hall–Kier alpha value is -1.42. The third-order valence-electron chi connectivity index (χ3n) is 2.12. The van der Waals surface area contributed by atoms with Gasteiger partial charge >= 0.3 is 0 Å². The molecule has 2 aromatic rings. The Labute approximate surface area is 92.7 Å². The highest BCUT2D eigenvalue weighted by Crippen LogP contribution is 2.18. The summed E-state index contributed by atoms with van der Waals surface area (Å²) < 4.78 is 5.54. The molecule has 0 aliphatic rings. The summed E-state index contributed by atoms with van der Waals surface area (Å²) in [6, 6.07) is 8.16. The Kier molecular flexibility index (Phi) is 2.97. The van der Waals surface area contributed by atoms with Crippen molar-refractivity contribution in [3.8, 4) is 5.19 Å². The van der Waals surface area contributed by atoms with Gasteiger partial charge in [0.25, 0.3) is 5.19 Å². The molecule has 0 N–H and O–H groups in total. The monoisotopic (exact) mass is 220 g/mol. The van der Waals surface area contributed by atoms with Gasteiger partial charge in [-0.25, -0.2) is 0 Å². The van der Waals surface area contributed by atoms with Crippen LogP contribution in [0.5, 0.6) is 5.19 Å². The maximum atomic E-state index is 5.54. The number of rotatable bonds is 3. The van der Waals surface area contributed by atoms with E-state index in [0.717, 1.165) is 5.01 Å². The third-order valence-corrected chi connectivity index (χ3v) is 2.87. The van der Waals surface area contributed by atoms with E-state index >= 15 is 0 Å². The van der Waals surface area contributed by atoms with E-state index in [2.05, 4.69) is 29.3 Å². The van der Waals surface area contributed by atoms with Gasteiger partial charge in [-0.3, -0.25) is 0 Å². The highest BCUT2D eigenvalue weighted by Gasteiger charge is 2.02. The SMILES string of the molecule is Cc1nnc(OCc2ccccc2C)s1. The number of benzene rings is 1. The molecule has 0 saturated heterocycles. The van der Waals surface area contributed by atoms with Crippen LogP contribution in [0.4, 0.5) is 0 Å². The highest BCUT2D eigenvalue weighted by molar-refractivity contribution is 7.12. The fourth-order valence-corrected chi connectivity index (χ4v) is 1.78. The molecule has 0 saturated carbocycles. The van der Waals surface area contributed by atoms with Gasteiger partial charge in [-0.05, 0) is 25.0 Å². The van der Waals surface area contributed by atoms with Crippen molar-refractivity contribution in [2.24, 2.45) is 0 Å². The lowest BCUT2D eigenvalue weighted by Crippen LogP contribution is -1.97. The van der Waals surface area contributed by atoms with Gasteiger partial charge in [0, 0.05) is 0 Å². The molecule has 1 aromatic heterocycles. The predicted octanol–water partition coefficient (Wildman–Crippen LogP) is 2.73. The average molecular weight is 220 g/mol. The number of hydrogen-bond donors (Lipinski definition) is 0. The lowest BCUT2D eigenvalue weighted by Gasteiger charge is -2.04. The van der Waals surface area contributed by atoms with Crippen molar-refractivity contribution in [1.29, 1.82) is 0 Å². The van der Waals surface area contributed by atoms with Crippen molar-refractivity contribution in [1.82, 2.24) is 10.2 Å². The first-order chi connectivity index (χ1) is 7.25. The summed E-state index contributed by atoms with van der Waals surface area (Å²) in [4.78, 5) is 0. The molecule has 0 aliphatic carbocycles. The van der Waals surface area contributed by atoms with E-state index in [-0.39, 0.29) is 0 Å². The first kappa shape index (κ1) is 10.1. The van der Waals surface area contributed by atoms with Gasteiger partial charge in [-0.15, -0.1) is 10.2 Å². The van der Waals surface area contributed by atoms with Crippen LogP contribution in [0.25, 0.3) is 0 Å². The molecule has 0 unspecified atom stereocenters. The third kappa shape index (κ3) is 2.53. The largest absolute Gasteiger partial charge is 0.464 e. The van der Waals surface area contributed by atoms with Crippen molar-refractivity contribution >= 4 is 11.3 Å². The first-order valence-electron chi connectivity index (χ1n) is 4.73. The van der Waals surface area contributed by atoms with Crippen LogP contribution in [0.1, 0.15) is 16.1 Å². The van der Waals surface area contributed by atoms with Crippen molar-refractivity contribution in [2.75, 3.05) is 0 Å². The predicted molar refractivity (Wildman–Crippen MR) is 60.2 cm³/mol. The van der Waals surface area contributed by atoms with Crippen LogP contribution in [-0.2, 0) is 6.61 Å². The van der Waals surface area contributed by atoms with E-state index < -0.39 is 0 Å². The summed E-state index contributed by atoms with van der Waals surface area (Å²) in [5.74, 6) is 0. The van der Waals surface area contributed by atoms with Gasteiger partial charge in [0.2, 0.25) is 0 Å². The van der Waals surface area contributed by atoms with Crippen LogP contribution in [0.2, 0.25) is 0 Å².